The number of carbonyl (C=O) groups excluding carboxylic acids is 1. The van der Waals surface area contributed by atoms with Crippen molar-refractivity contribution in [1.82, 2.24) is 15.4 Å². The molecule has 0 aliphatic heterocycles. The van der Waals surface area contributed by atoms with Gasteiger partial charge in [-0.1, -0.05) is 12.2 Å². The van der Waals surface area contributed by atoms with Crippen molar-refractivity contribution < 1.29 is 23.1 Å². The quantitative estimate of drug-likeness (QED) is 0.461. The number of nitrogens with one attached hydrogen (secondary N) is 3. The van der Waals surface area contributed by atoms with Crippen LogP contribution in [0, 0.1) is 5.92 Å². The minimum atomic E-state index is -3.35. The van der Waals surface area contributed by atoms with Crippen LogP contribution in [0.4, 0.5) is 4.79 Å². The van der Waals surface area contributed by atoms with E-state index in [4.69, 9.17) is 5.11 Å². The maximum atomic E-state index is 11.4. The molecule has 0 fully saturated rings. The van der Waals surface area contributed by atoms with E-state index in [0.29, 0.717) is 6.42 Å². The maximum absolute atomic E-state index is 11.4. The molecule has 1 aliphatic carbocycles. The highest BCUT2D eigenvalue weighted by Crippen LogP contribution is 2.17. The van der Waals surface area contributed by atoms with Gasteiger partial charge in [0, 0.05) is 6.54 Å². The molecule has 0 saturated heterocycles. The summed E-state index contributed by atoms with van der Waals surface area (Å²) in [5, 5.41) is 13.7. The zero-order valence-electron chi connectivity index (χ0n) is 10.4. The van der Waals surface area contributed by atoms with Gasteiger partial charge in [0.05, 0.1) is 17.7 Å². The Labute approximate surface area is 111 Å². The van der Waals surface area contributed by atoms with Crippen LogP contribution in [0.2, 0.25) is 0 Å². The van der Waals surface area contributed by atoms with Crippen LogP contribution in [-0.4, -0.2) is 50.9 Å². The van der Waals surface area contributed by atoms with Crippen LogP contribution in [0.25, 0.3) is 0 Å². The lowest BCUT2D eigenvalue weighted by atomic mass is 10.1. The van der Waals surface area contributed by atoms with E-state index >= 15 is 0 Å². The largest absolute Gasteiger partial charge is 0.481 e. The van der Waals surface area contributed by atoms with Crippen LogP contribution >= 0.6 is 0 Å². The molecule has 1 rings (SSSR count). The SMILES string of the molecule is CNS(=O)(=O)CCNC(=O)NC1C=CC(C(=O)O)C1. The first-order valence-corrected chi connectivity index (χ1v) is 7.36. The van der Waals surface area contributed by atoms with Crippen molar-refractivity contribution in [3.63, 3.8) is 0 Å². The van der Waals surface area contributed by atoms with Gasteiger partial charge in [-0.25, -0.2) is 17.9 Å². The van der Waals surface area contributed by atoms with E-state index in [0.717, 1.165) is 0 Å². The van der Waals surface area contributed by atoms with Crippen molar-refractivity contribution in [2.45, 2.75) is 12.5 Å². The molecule has 0 spiro atoms. The van der Waals surface area contributed by atoms with Gasteiger partial charge in [-0.05, 0) is 13.5 Å². The molecule has 2 amide bonds. The molecule has 0 aromatic heterocycles. The van der Waals surface area contributed by atoms with Crippen molar-refractivity contribution in [3.05, 3.63) is 12.2 Å². The number of urea groups is 1. The third-order valence-corrected chi connectivity index (χ3v) is 4.05. The van der Waals surface area contributed by atoms with Gasteiger partial charge in [-0.3, -0.25) is 4.79 Å². The fourth-order valence-corrected chi connectivity index (χ4v) is 2.18. The highest BCUT2D eigenvalue weighted by molar-refractivity contribution is 7.89. The summed E-state index contributed by atoms with van der Waals surface area (Å²) in [5.74, 6) is -1.73. The van der Waals surface area contributed by atoms with Gasteiger partial charge < -0.3 is 15.7 Å². The van der Waals surface area contributed by atoms with E-state index < -0.39 is 27.9 Å². The Balaban J connectivity index is 2.26. The molecule has 0 aromatic carbocycles. The summed E-state index contributed by atoms with van der Waals surface area (Å²) < 4.78 is 24.3. The fourth-order valence-electron chi connectivity index (χ4n) is 1.61. The Morgan fingerprint density at radius 1 is 1.37 bits per heavy atom. The molecule has 0 saturated carbocycles. The van der Waals surface area contributed by atoms with Crippen LogP contribution in [-0.2, 0) is 14.8 Å². The monoisotopic (exact) mass is 291 g/mol. The average molecular weight is 291 g/mol. The minimum absolute atomic E-state index is 0.0200. The Hall–Kier alpha value is -1.61. The second-order valence-electron chi connectivity index (χ2n) is 4.10. The molecule has 0 heterocycles. The second-order valence-corrected chi connectivity index (χ2v) is 6.14. The summed E-state index contributed by atoms with van der Waals surface area (Å²) in [6, 6.07) is -0.867. The Bertz CT molecular complexity index is 474. The molecule has 2 atom stereocenters. The summed E-state index contributed by atoms with van der Waals surface area (Å²) >= 11 is 0. The molecule has 0 aromatic rings. The van der Waals surface area contributed by atoms with Crippen LogP contribution in [0.1, 0.15) is 6.42 Å². The molecule has 0 bridgehead atoms. The topological polar surface area (TPSA) is 125 Å². The summed E-state index contributed by atoms with van der Waals surface area (Å²) in [6.45, 7) is -0.0200. The number of hydrogen-bond donors (Lipinski definition) is 4. The van der Waals surface area contributed by atoms with Gasteiger partial charge in [0.2, 0.25) is 10.0 Å². The molecule has 2 unspecified atom stereocenters. The third-order valence-electron chi connectivity index (χ3n) is 2.68. The van der Waals surface area contributed by atoms with Crippen molar-refractivity contribution in [1.29, 1.82) is 0 Å². The smallest absolute Gasteiger partial charge is 0.315 e. The molecule has 108 valence electrons. The maximum Gasteiger partial charge on any atom is 0.315 e. The van der Waals surface area contributed by atoms with Gasteiger partial charge in [-0.15, -0.1) is 0 Å². The van der Waals surface area contributed by atoms with E-state index in [9.17, 15) is 18.0 Å². The number of aliphatic carboxylic acids is 1. The van der Waals surface area contributed by atoms with Crippen molar-refractivity contribution in [3.8, 4) is 0 Å². The second kappa shape index (κ2) is 6.53. The Kier molecular flexibility index (Phi) is 5.31. The molecule has 4 N–H and O–H groups in total. The number of carboxylic acids is 1. The van der Waals surface area contributed by atoms with Crippen LogP contribution in [0.3, 0.4) is 0 Å². The number of carboxylic acid groups (broad SMARTS) is 1. The van der Waals surface area contributed by atoms with Gasteiger partial charge in [0.1, 0.15) is 0 Å². The number of rotatable bonds is 6. The number of hydrogen-bond acceptors (Lipinski definition) is 4. The fraction of sp³-hybridized carbons (Fsp3) is 0.600. The first kappa shape index (κ1) is 15.4. The lowest BCUT2D eigenvalue weighted by Gasteiger charge is -2.13. The van der Waals surface area contributed by atoms with Crippen LogP contribution in [0.5, 0.6) is 0 Å². The van der Waals surface area contributed by atoms with Gasteiger partial charge in [0.15, 0.2) is 0 Å². The highest BCUT2D eigenvalue weighted by Gasteiger charge is 2.25. The van der Waals surface area contributed by atoms with Gasteiger partial charge in [-0.2, -0.15) is 0 Å². The van der Waals surface area contributed by atoms with Gasteiger partial charge in [0.25, 0.3) is 0 Å². The molecule has 9 heteroatoms. The summed E-state index contributed by atoms with van der Waals surface area (Å²) in [7, 11) is -2.05. The van der Waals surface area contributed by atoms with Crippen LogP contribution in [0.15, 0.2) is 12.2 Å². The first-order chi connectivity index (χ1) is 8.84. The standard InChI is InChI=1S/C10H17N3O5S/c1-11-19(17,18)5-4-12-10(16)13-8-3-2-7(6-8)9(14)15/h2-3,7-8,11H,4-6H2,1H3,(H,14,15)(H2,12,13,16). The zero-order chi connectivity index (χ0) is 14.5. The van der Waals surface area contributed by atoms with Crippen molar-refractivity contribution in [2.24, 2.45) is 5.92 Å². The average Bonchev–Trinajstić information content (AvgIpc) is 2.77. The predicted molar refractivity (Wildman–Crippen MR) is 68.1 cm³/mol. The molecule has 8 nitrogen and oxygen atoms in total. The Morgan fingerprint density at radius 2 is 2.05 bits per heavy atom. The van der Waals surface area contributed by atoms with Crippen LogP contribution < -0.4 is 15.4 Å². The summed E-state index contributed by atoms with van der Waals surface area (Å²) in [5.41, 5.74) is 0. The van der Waals surface area contributed by atoms with E-state index in [1.807, 2.05) is 0 Å². The minimum Gasteiger partial charge on any atom is -0.481 e. The third kappa shape index (κ3) is 5.26. The number of carbonyl (C=O) groups is 2. The van der Waals surface area contributed by atoms with E-state index in [1.165, 1.54) is 13.1 Å². The molecule has 19 heavy (non-hydrogen) atoms. The lowest BCUT2D eigenvalue weighted by Crippen LogP contribution is -2.43. The van der Waals surface area contributed by atoms with Crippen molar-refractivity contribution in [2.75, 3.05) is 19.3 Å². The van der Waals surface area contributed by atoms with E-state index in [1.54, 1.807) is 6.08 Å². The molecular weight excluding hydrogens is 274 g/mol. The van der Waals surface area contributed by atoms with Gasteiger partial charge >= 0.3 is 12.0 Å². The molecular formula is C10H17N3O5S. The number of amides is 2. The molecule has 0 radical (unpaired) electrons. The van der Waals surface area contributed by atoms with E-state index in [2.05, 4.69) is 15.4 Å². The normalized spacial score (nSPS) is 22.2. The molecule has 1 aliphatic rings. The highest BCUT2D eigenvalue weighted by atomic mass is 32.2. The Morgan fingerprint density at radius 3 is 2.58 bits per heavy atom. The summed E-state index contributed by atoms with van der Waals surface area (Å²) in [6.07, 6.45) is 3.44. The van der Waals surface area contributed by atoms with E-state index in [-0.39, 0.29) is 18.3 Å². The zero-order valence-corrected chi connectivity index (χ0v) is 11.2. The lowest BCUT2D eigenvalue weighted by molar-refractivity contribution is -0.140. The number of sulfonamides is 1. The summed E-state index contributed by atoms with van der Waals surface area (Å²) in [4.78, 5) is 22.1. The first-order valence-electron chi connectivity index (χ1n) is 5.71. The predicted octanol–water partition coefficient (Wildman–Crippen LogP) is -1.14. The van der Waals surface area contributed by atoms with Crippen molar-refractivity contribution >= 4 is 22.0 Å².